The summed E-state index contributed by atoms with van der Waals surface area (Å²) in [5.41, 5.74) is 4.98. The Morgan fingerprint density at radius 3 is 2.36 bits per heavy atom. The standard InChI is InChI=1S/C29H24FN3O3/c1-17-12-13-21(14-18(17)2)33-28(35)24(27(34)31-29(33)36)15-23-19(3)32(26-11-7-5-9-22(23)26)16-20-8-4-6-10-25(20)30/h4-15H,16H2,1-3H3,(H,31,34,36)/b24-15+. The third-order valence-electron chi connectivity index (χ3n) is 6.71. The number of fused-ring (bicyclic) bond motifs is 1. The number of anilines is 1. The monoisotopic (exact) mass is 481 g/mol. The molecule has 4 aromatic rings. The minimum absolute atomic E-state index is 0.148. The first-order chi connectivity index (χ1) is 17.3. The molecule has 1 fully saturated rings. The average Bonchev–Trinajstić information content (AvgIpc) is 3.11. The van der Waals surface area contributed by atoms with Crippen LogP contribution in [-0.2, 0) is 16.1 Å². The Morgan fingerprint density at radius 2 is 1.61 bits per heavy atom. The van der Waals surface area contributed by atoms with E-state index in [4.69, 9.17) is 0 Å². The zero-order chi connectivity index (χ0) is 25.6. The van der Waals surface area contributed by atoms with E-state index in [2.05, 4.69) is 5.32 Å². The van der Waals surface area contributed by atoms with Crippen LogP contribution in [0.15, 0.2) is 72.3 Å². The SMILES string of the molecule is Cc1ccc(N2C(=O)NC(=O)/C(=C\c3c(C)n(Cc4ccccc4F)c4ccccc34)C2=O)cc1C. The Kier molecular flexibility index (Phi) is 5.76. The summed E-state index contributed by atoms with van der Waals surface area (Å²) in [7, 11) is 0. The minimum atomic E-state index is -0.788. The van der Waals surface area contributed by atoms with Crippen molar-refractivity contribution in [3.63, 3.8) is 0 Å². The smallest absolute Gasteiger partial charge is 0.335 e. The predicted octanol–water partition coefficient (Wildman–Crippen LogP) is 5.42. The molecule has 180 valence electrons. The third kappa shape index (κ3) is 3.88. The van der Waals surface area contributed by atoms with Crippen LogP contribution in [0.2, 0.25) is 0 Å². The molecule has 0 aliphatic carbocycles. The lowest BCUT2D eigenvalue weighted by molar-refractivity contribution is -0.122. The number of amides is 4. The molecule has 1 N–H and O–H groups in total. The molecule has 0 bridgehead atoms. The molecule has 0 radical (unpaired) electrons. The molecule has 1 aliphatic heterocycles. The van der Waals surface area contributed by atoms with Gasteiger partial charge in [-0.3, -0.25) is 14.9 Å². The van der Waals surface area contributed by atoms with E-state index in [1.54, 1.807) is 30.3 Å². The molecular weight excluding hydrogens is 457 g/mol. The summed E-state index contributed by atoms with van der Waals surface area (Å²) >= 11 is 0. The van der Waals surface area contributed by atoms with E-state index in [9.17, 15) is 18.8 Å². The van der Waals surface area contributed by atoms with Crippen LogP contribution in [-0.4, -0.2) is 22.4 Å². The number of aryl methyl sites for hydroxylation is 2. The summed E-state index contributed by atoms with van der Waals surface area (Å²) in [4.78, 5) is 39.9. The second-order valence-electron chi connectivity index (χ2n) is 8.92. The lowest BCUT2D eigenvalue weighted by Crippen LogP contribution is -2.54. The highest BCUT2D eigenvalue weighted by molar-refractivity contribution is 6.39. The molecule has 36 heavy (non-hydrogen) atoms. The lowest BCUT2D eigenvalue weighted by atomic mass is 10.0. The summed E-state index contributed by atoms with van der Waals surface area (Å²) in [5, 5.41) is 3.10. The molecule has 0 spiro atoms. The van der Waals surface area contributed by atoms with Crippen LogP contribution in [0.4, 0.5) is 14.9 Å². The van der Waals surface area contributed by atoms with E-state index in [0.29, 0.717) is 16.8 Å². The number of carbonyl (C=O) groups excluding carboxylic acids is 3. The first kappa shape index (κ1) is 23.2. The number of barbiturate groups is 1. The normalized spacial score (nSPS) is 15.2. The van der Waals surface area contributed by atoms with Crippen molar-refractivity contribution in [2.75, 3.05) is 4.90 Å². The van der Waals surface area contributed by atoms with Crippen molar-refractivity contribution in [2.45, 2.75) is 27.3 Å². The molecule has 1 aromatic heterocycles. The summed E-state index contributed by atoms with van der Waals surface area (Å²) < 4.78 is 16.4. The van der Waals surface area contributed by atoms with Gasteiger partial charge in [0.05, 0.1) is 12.2 Å². The molecule has 4 amide bonds. The van der Waals surface area contributed by atoms with Gasteiger partial charge in [-0.2, -0.15) is 0 Å². The Balaban J connectivity index is 1.62. The minimum Gasteiger partial charge on any atom is -0.340 e. The molecule has 1 saturated heterocycles. The van der Waals surface area contributed by atoms with Gasteiger partial charge in [0.2, 0.25) is 0 Å². The third-order valence-corrected chi connectivity index (χ3v) is 6.71. The molecular formula is C29H24FN3O3. The molecule has 2 heterocycles. The zero-order valence-electron chi connectivity index (χ0n) is 20.1. The van der Waals surface area contributed by atoms with E-state index in [-0.39, 0.29) is 17.9 Å². The molecule has 3 aromatic carbocycles. The number of halogens is 1. The number of para-hydroxylation sites is 1. The molecule has 0 atom stereocenters. The molecule has 6 nitrogen and oxygen atoms in total. The van der Waals surface area contributed by atoms with Gasteiger partial charge in [0.15, 0.2) is 0 Å². The Bertz CT molecular complexity index is 1600. The number of hydrogen-bond donors (Lipinski definition) is 1. The molecule has 0 unspecified atom stereocenters. The van der Waals surface area contributed by atoms with Crippen molar-refractivity contribution in [2.24, 2.45) is 0 Å². The second kappa shape index (κ2) is 8.92. The maximum atomic E-state index is 14.4. The average molecular weight is 482 g/mol. The number of benzene rings is 3. The largest absolute Gasteiger partial charge is 0.340 e. The zero-order valence-corrected chi connectivity index (χ0v) is 20.1. The van der Waals surface area contributed by atoms with Crippen LogP contribution in [0.25, 0.3) is 17.0 Å². The van der Waals surface area contributed by atoms with Gasteiger partial charge in [-0.15, -0.1) is 0 Å². The van der Waals surface area contributed by atoms with Gasteiger partial charge in [0.1, 0.15) is 11.4 Å². The van der Waals surface area contributed by atoms with Crippen molar-refractivity contribution in [3.05, 3.63) is 106 Å². The quantitative estimate of drug-likeness (QED) is 0.313. The first-order valence-electron chi connectivity index (χ1n) is 11.6. The fourth-order valence-corrected chi connectivity index (χ4v) is 4.54. The molecule has 7 heteroatoms. The molecule has 0 saturated carbocycles. The van der Waals surface area contributed by atoms with Crippen molar-refractivity contribution in [3.8, 4) is 0 Å². The van der Waals surface area contributed by atoms with Gasteiger partial charge in [-0.25, -0.2) is 14.1 Å². The van der Waals surface area contributed by atoms with Crippen LogP contribution in [0.5, 0.6) is 0 Å². The van der Waals surface area contributed by atoms with Crippen LogP contribution in [0.3, 0.4) is 0 Å². The van der Waals surface area contributed by atoms with Crippen LogP contribution in [0, 0.1) is 26.6 Å². The van der Waals surface area contributed by atoms with Gasteiger partial charge >= 0.3 is 6.03 Å². The van der Waals surface area contributed by atoms with E-state index >= 15 is 0 Å². The van der Waals surface area contributed by atoms with Crippen molar-refractivity contribution in [1.82, 2.24) is 9.88 Å². The van der Waals surface area contributed by atoms with Gasteiger partial charge < -0.3 is 4.57 Å². The maximum absolute atomic E-state index is 14.4. The van der Waals surface area contributed by atoms with E-state index in [1.165, 1.54) is 12.1 Å². The predicted molar refractivity (Wildman–Crippen MR) is 137 cm³/mol. The van der Waals surface area contributed by atoms with Gasteiger partial charge in [-0.05, 0) is 62.2 Å². The van der Waals surface area contributed by atoms with Gasteiger partial charge in [0, 0.05) is 27.7 Å². The summed E-state index contributed by atoms with van der Waals surface area (Å²) in [6.45, 7) is 5.98. The highest BCUT2D eigenvalue weighted by Gasteiger charge is 2.37. The fourth-order valence-electron chi connectivity index (χ4n) is 4.54. The topological polar surface area (TPSA) is 71.4 Å². The van der Waals surface area contributed by atoms with Crippen molar-refractivity contribution in [1.29, 1.82) is 0 Å². The number of carbonyl (C=O) groups is 3. The highest BCUT2D eigenvalue weighted by Crippen LogP contribution is 2.31. The number of imide groups is 2. The Hall–Kier alpha value is -4.52. The number of nitrogens with one attached hydrogen (secondary N) is 1. The lowest BCUT2D eigenvalue weighted by Gasteiger charge is -2.26. The van der Waals surface area contributed by atoms with Crippen molar-refractivity contribution >= 4 is 40.5 Å². The fraction of sp³-hybridized carbons (Fsp3) is 0.138. The summed E-state index contributed by atoms with van der Waals surface area (Å²) in [6.07, 6.45) is 1.52. The number of nitrogens with zero attached hydrogens (tertiary/aromatic N) is 2. The molecule has 5 rings (SSSR count). The number of aromatic nitrogens is 1. The highest BCUT2D eigenvalue weighted by atomic mass is 19.1. The van der Waals surface area contributed by atoms with E-state index < -0.39 is 17.8 Å². The van der Waals surface area contributed by atoms with E-state index in [1.807, 2.05) is 55.7 Å². The van der Waals surface area contributed by atoms with Crippen LogP contribution < -0.4 is 10.2 Å². The maximum Gasteiger partial charge on any atom is 0.335 e. The summed E-state index contributed by atoms with van der Waals surface area (Å²) in [6, 6.07) is 18.6. The van der Waals surface area contributed by atoms with Gasteiger partial charge in [0.25, 0.3) is 11.8 Å². The van der Waals surface area contributed by atoms with Crippen molar-refractivity contribution < 1.29 is 18.8 Å². The Labute approximate surface area is 207 Å². The molecule has 1 aliphatic rings. The number of urea groups is 1. The number of rotatable bonds is 4. The summed E-state index contributed by atoms with van der Waals surface area (Å²) in [5.74, 6) is -1.76. The second-order valence-corrected chi connectivity index (χ2v) is 8.92. The first-order valence-corrected chi connectivity index (χ1v) is 11.6. The number of hydrogen-bond acceptors (Lipinski definition) is 3. The Morgan fingerprint density at radius 1 is 0.889 bits per heavy atom. The van der Waals surface area contributed by atoms with Crippen LogP contribution in [0.1, 0.15) is 27.9 Å². The van der Waals surface area contributed by atoms with Crippen LogP contribution >= 0.6 is 0 Å². The van der Waals surface area contributed by atoms with E-state index in [0.717, 1.165) is 32.6 Å². The van der Waals surface area contributed by atoms with Gasteiger partial charge in [-0.1, -0.05) is 42.5 Å².